The zero-order valence-electron chi connectivity index (χ0n) is 11.5. The molecule has 0 saturated heterocycles. The molecule has 1 aromatic heterocycles. The van der Waals surface area contributed by atoms with Crippen LogP contribution in [0.4, 0.5) is 5.69 Å². The zero-order chi connectivity index (χ0) is 13.8. The number of unbranched alkanes of at least 4 members (excludes halogenated alkanes) is 2. The molecule has 0 spiro atoms. The Morgan fingerprint density at radius 3 is 2.84 bits per heavy atom. The molecule has 0 amide bonds. The number of nitrogens with zero attached hydrogens (tertiary/aromatic N) is 1. The molecule has 0 radical (unpaired) electrons. The van der Waals surface area contributed by atoms with E-state index < -0.39 is 0 Å². The summed E-state index contributed by atoms with van der Waals surface area (Å²) in [5, 5.41) is 11.8. The number of hydrogen-bond acceptors (Lipinski definition) is 2. The van der Waals surface area contributed by atoms with Gasteiger partial charge in [-0.05, 0) is 24.0 Å². The van der Waals surface area contributed by atoms with Crippen molar-refractivity contribution >= 4 is 16.6 Å². The number of nitrogens with one attached hydrogen (secondary N) is 1. The van der Waals surface area contributed by atoms with Crippen molar-refractivity contribution in [2.45, 2.75) is 45.4 Å². The molecule has 0 aliphatic heterocycles. The molecule has 1 N–H and O–H groups in total. The van der Waals surface area contributed by atoms with Crippen LogP contribution < -0.4 is 0 Å². The summed E-state index contributed by atoms with van der Waals surface area (Å²) in [7, 11) is 0. The van der Waals surface area contributed by atoms with Crippen molar-refractivity contribution in [3.05, 3.63) is 40.1 Å². The predicted molar refractivity (Wildman–Crippen MR) is 77.5 cm³/mol. The number of non-ortho nitro benzene ring substituents is 1. The highest BCUT2D eigenvalue weighted by molar-refractivity contribution is 5.85. The molecule has 1 atom stereocenters. The molecule has 2 aromatic rings. The van der Waals surface area contributed by atoms with Crippen molar-refractivity contribution in [1.29, 1.82) is 0 Å². The second-order valence-electron chi connectivity index (χ2n) is 5.13. The van der Waals surface area contributed by atoms with E-state index in [2.05, 4.69) is 18.8 Å². The first-order chi connectivity index (χ1) is 9.13. The summed E-state index contributed by atoms with van der Waals surface area (Å²) in [4.78, 5) is 13.7. The zero-order valence-corrected chi connectivity index (χ0v) is 11.5. The fourth-order valence-corrected chi connectivity index (χ4v) is 2.51. The highest BCUT2D eigenvalue weighted by Gasteiger charge is 2.14. The van der Waals surface area contributed by atoms with Gasteiger partial charge in [0.05, 0.1) is 4.92 Å². The maximum Gasteiger partial charge on any atom is 0.270 e. The molecule has 0 bridgehead atoms. The number of rotatable bonds is 6. The number of nitro benzene ring substituents is 1. The summed E-state index contributed by atoms with van der Waals surface area (Å²) < 4.78 is 0. The van der Waals surface area contributed by atoms with Crippen LogP contribution in [0.2, 0.25) is 0 Å². The first-order valence-electron chi connectivity index (χ1n) is 6.89. The van der Waals surface area contributed by atoms with Gasteiger partial charge in [0.25, 0.3) is 5.69 Å². The Bertz CT molecular complexity index is 575. The van der Waals surface area contributed by atoms with Gasteiger partial charge in [0.15, 0.2) is 0 Å². The molecule has 2 rings (SSSR count). The second-order valence-corrected chi connectivity index (χ2v) is 5.13. The van der Waals surface area contributed by atoms with Crippen LogP contribution in [0.25, 0.3) is 10.9 Å². The topological polar surface area (TPSA) is 58.9 Å². The van der Waals surface area contributed by atoms with E-state index in [1.165, 1.54) is 24.8 Å². The van der Waals surface area contributed by atoms with Gasteiger partial charge in [-0.2, -0.15) is 0 Å². The number of aromatic amines is 1. The van der Waals surface area contributed by atoms with Crippen LogP contribution in [0, 0.1) is 10.1 Å². The summed E-state index contributed by atoms with van der Waals surface area (Å²) in [5.74, 6) is 0.433. The van der Waals surface area contributed by atoms with Crippen molar-refractivity contribution in [3.63, 3.8) is 0 Å². The van der Waals surface area contributed by atoms with Gasteiger partial charge in [-0.15, -0.1) is 0 Å². The molecule has 1 unspecified atom stereocenters. The number of hydrogen-bond donors (Lipinski definition) is 1. The Morgan fingerprint density at radius 1 is 1.37 bits per heavy atom. The van der Waals surface area contributed by atoms with Crippen LogP contribution in [0.1, 0.15) is 51.0 Å². The minimum Gasteiger partial charge on any atom is -0.361 e. The number of aromatic nitrogens is 1. The van der Waals surface area contributed by atoms with E-state index in [9.17, 15) is 10.1 Å². The Morgan fingerprint density at radius 2 is 2.16 bits per heavy atom. The lowest BCUT2D eigenvalue weighted by molar-refractivity contribution is -0.384. The third-order valence-electron chi connectivity index (χ3n) is 3.68. The van der Waals surface area contributed by atoms with E-state index in [1.54, 1.807) is 18.2 Å². The fraction of sp³-hybridized carbons (Fsp3) is 0.467. The molecule has 0 fully saturated rings. The van der Waals surface area contributed by atoms with E-state index in [-0.39, 0.29) is 10.6 Å². The third kappa shape index (κ3) is 2.95. The quantitative estimate of drug-likeness (QED) is 0.462. The van der Waals surface area contributed by atoms with Crippen LogP contribution in [-0.4, -0.2) is 9.91 Å². The molecule has 0 saturated carbocycles. The standard InChI is InChI=1S/C15H20N2O2/c1-3-4-5-6-11(2)14-10-16-15-8-7-12(17(18)19)9-13(14)15/h7-11,16H,3-6H2,1-2H3. The van der Waals surface area contributed by atoms with Crippen LogP contribution >= 0.6 is 0 Å². The Balaban J connectivity index is 2.27. The van der Waals surface area contributed by atoms with Crippen molar-refractivity contribution in [3.8, 4) is 0 Å². The highest BCUT2D eigenvalue weighted by Crippen LogP contribution is 2.31. The Hall–Kier alpha value is -1.84. The average Bonchev–Trinajstić information content (AvgIpc) is 2.81. The second kappa shape index (κ2) is 5.87. The number of benzene rings is 1. The lowest BCUT2D eigenvalue weighted by Gasteiger charge is -2.09. The van der Waals surface area contributed by atoms with Gasteiger partial charge < -0.3 is 4.98 Å². The van der Waals surface area contributed by atoms with Gasteiger partial charge in [0.1, 0.15) is 0 Å². The van der Waals surface area contributed by atoms with Gasteiger partial charge in [0, 0.05) is 29.2 Å². The summed E-state index contributed by atoms with van der Waals surface area (Å²) in [6, 6.07) is 5.01. The maximum atomic E-state index is 10.9. The first kappa shape index (κ1) is 13.6. The SMILES string of the molecule is CCCCCC(C)c1c[nH]c2ccc([N+](=O)[O-])cc12. The third-order valence-corrected chi connectivity index (χ3v) is 3.68. The largest absolute Gasteiger partial charge is 0.361 e. The lowest BCUT2D eigenvalue weighted by Crippen LogP contribution is -1.93. The Kier molecular flexibility index (Phi) is 4.20. The van der Waals surface area contributed by atoms with Gasteiger partial charge >= 0.3 is 0 Å². The molecule has 4 heteroatoms. The summed E-state index contributed by atoms with van der Waals surface area (Å²) in [6.07, 6.45) is 6.78. The van der Waals surface area contributed by atoms with Crippen LogP contribution in [0.15, 0.2) is 24.4 Å². The molecule has 0 aliphatic rings. The molecular weight excluding hydrogens is 240 g/mol. The van der Waals surface area contributed by atoms with Crippen molar-refractivity contribution in [1.82, 2.24) is 4.98 Å². The van der Waals surface area contributed by atoms with Gasteiger partial charge in [-0.1, -0.05) is 33.1 Å². The molecule has 19 heavy (non-hydrogen) atoms. The fourth-order valence-electron chi connectivity index (χ4n) is 2.51. The van der Waals surface area contributed by atoms with E-state index >= 15 is 0 Å². The van der Waals surface area contributed by atoms with E-state index in [1.807, 2.05) is 6.20 Å². The van der Waals surface area contributed by atoms with E-state index in [0.29, 0.717) is 5.92 Å². The molecule has 1 aromatic carbocycles. The highest BCUT2D eigenvalue weighted by atomic mass is 16.6. The van der Waals surface area contributed by atoms with E-state index in [0.717, 1.165) is 17.3 Å². The minimum absolute atomic E-state index is 0.161. The van der Waals surface area contributed by atoms with Crippen molar-refractivity contribution in [2.24, 2.45) is 0 Å². The monoisotopic (exact) mass is 260 g/mol. The number of nitro groups is 1. The lowest BCUT2D eigenvalue weighted by atomic mass is 9.94. The number of fused-ring (bicyclic) bond motifs is 1. The molecule has 102 valence electrons. The van der Waals surface area contributed by atoms with Crippen molar-refractivity contribution in [2.75, 3.05) is 0 Å². The van der Waals surface area contributed by atoms with Crippen LogP contribution in [0.3, 0.4) is 0 Å². The van der Waals surface area contributed by atoms with Gasteiger partial charge in [-0.3, -0.25) is 10.1 Å². The predicted octanol–water partition coefficient (Wildman–Crippen LogP) is 4.76. The summed E-state index contributed by atoms with van der Waals surface area (Å²) >= 11 is 0. The number of H-pyrrole nitrogens is 1. The smallest absolute Gasteiger partial charge is 0.270 e. The van der Waals surface area contributed by atoms with E-state index in [4.69, 9.17) is 0 Å². The normalized spacial score (nSPS) is 12.7. The van der Waals surface area contributed by atoms with Crippen LogP contribution in [-0.2, 0) is 0 Å². The van der Waals surface area contributed by atoms with Crippen molar-refractivity contribution < 1.29 is 4.92 Å². The van der Waals surface area contributed by atoms with Crippen LogP contribution in [0.5, 0.6) is 0 Å². The first-order valence-corrected chi connectivity index (χ1v) is 6.89. The maximum absolute atomic E-state index is 10.9. The summed E-state index contributed by atoms with van der Waals surface area (Å²) in [5.41, 5.74) is 2.33. The molecule has 0 aliphatic carbocycles. The average molecular weight is 260 g/mol. The summed E-state index contributed by atoms with van der Waals surface area (Å²) in [6.45, 7) is 4.39. The molecule has 1 heterocycles. The minimum atomic E-state index is -0.335. The van der Waals surface area contributed by atoms with Gasteiger partial charge in [0.2, 0.25) is 0 Å². The molecule has 4 nitrogen and oxygen atoms in total. The molecular formula is C15H20N2O2. The Labute approximate surface area is 113 Å². The van der Waals surface area contributed by atoms with Gasteiger partial charge in [-0.25, -0.2) is 0 Å².